The molecule has 0 radical (unpaired) electrons. The molecular weight excluding hydrogens is 174 g/mol. The van der Waals surface area contributed by atoms with Gasteiger partial charge in [-0.2, -0.15) is 0 Å². The van der Waals surface area contributed by atoms with E-state index in [1.165, 1.54) is 11.2 Å². The van der Waals surface area contributed by atoms with E-state index >= 15 is 0 Å². The van der Waals surface area contributed by atoms with Gasteiger partial charge in [0.2, 0.25) is 0 Å². The van der Waals surface area contributed by atoms with E-state index in [2.05, 4.69) is 9.68 Å². The summed E-state index contributed by atoms with van der Waals surface area (Å²) in [6, 6.07) is 0. The number of nitrogens with two attached hydrogens (primary N) is 1. The van der Waals surface area contributed by atoms with Crippen molar-refractivity contribution >= 4 is 5.69 Å². The van der Waals surface area contributed by atoms with Crippen LogP contribution in [-0.4, -0.2) is 25.4 Å². The van der Waals surface area contributed by atoms with Crippen LogP contribution in [0.25, 0.3) is 0 Å². The van der Waals surface area contributed by atoms with Gasteiger partial charge in [0.25, 0.3) is 0 Å². The van der Waals surface area contributed by atoms with E-state index in [0.29, 0.717) is 18.8 Å². The van der Waals surface area contributed by atoms with Crippen molar-refractivity contribution in [3.8, 4) is 0 Å². The number of hydrazine groups is 1. The predicted octanol–water partition coefficient (Wildman–Crippen LogP) is -0.316. The summed E-state index contributed by atoms with van der Waals surface area (Å²) in [5, 5.41) is 3.66. The molecule has 1 heterocycles. The molecule has 0 amide bonds. The van der Waals surface area contributed by atoms with Crippen LogP contribution in [0.1, 0.15) is 6.42 Å². The summed E-state index contributed by atoms with van der Waals surface area (Å²) >= 11 is 0. The third kappa shape index (κ3) is 2.60. The van der Waals surface area contributed by atoms with Gasteiger partial charge in [-0.25, -0.2) is 15.8 Å². The standard InChI is InChI=1S/C7H13N3O3/c1-12-4-2-3-10(8)6-5-9-13-7(6)11/h5,9H,2-4,8H2,1H3. The lowest BCUT2D eigenvalue weighted by atomic mass is 10.4. The van der Waals surface area contributed by atoms with Gasteiger partial charge < -0.3 is 14.3 Å². The Hall–Kier alpha value is -1.27. The number of hydrogen-bond donors (Lipinski definition) is 2. The number of rotatable bonds is 5. The molecule has 0 spiro atoms. The van der Waals surface area contributed by atoms with Gasteiger partial charge in [0, 0.05) is 20.3 Å². The van der Waals surface area contributed by atoms with Gasteiger partial charge in [-0.15, -0.1) is 0 Å². The van der Waals surface area contributed by atoms with E-state index in [4.69, 9.17) is 10.6 Å². The first-order valence-corrected chi connectivity index (χ1v) is 3.93. The van der Waals surface area contributed by atoms with E-state index in [0.717, 1.165) is 6.42 Å². The Bertz CT molecular complexity index is 293. The zero-order valence-electron chi connectivity index (χ0n) is 7.45. The third-order valence-corrected chi connectivity index (χ3v) is 1.61. The van der Waals surface area contributed by atoms with E-state index in [1.54, 1.807) is 7.11 Å². The summed E-state index contributed by atoms with van der Waals surface area (Å²) in [5.41, 5.74) is -0.129. The highest BCUT2D eigenvalue weighted by atomic mass is 16.5. The lowest BCUT2D eigenvalue weighted by Crippen LogP contribution is -2.34. The van der Waals surface area contributed by atoms with Crippen molar-refractivity contribution in [3.63, 3.8) is 0 Å². The highest BCUT2D eigenvalue weighted by molar-refractivity contribution is 5.38. The van der Waals surface area contributed by atoms with Crippen molar-refractivity contribution < 1.29 is 9.26 Å². The fraction of sp³-hybridized carbons (Fsp3) is 0.571. The van der Waals surface area contributed by atoms with E-state index in [1.807, 2.05) is 0 Å². The second-order valence-electron chi connectivity index (χ2n) is 2.58. The smallest absolute Gasteiger partial charge is 0.381 e. The van der Waals surface area contributed by atoms with Crippen LogP contribution in [0, 0.1) is 0 Å². The summed E-state index contributed by atoms with van der Waals surface area (Å²) < 4.78 is 9.31. The van der Waals surface area contributed by atoms with Crippen LogP contribution in [0.3, 0.4) is 0 Å². The van der Waals surface area contributed by atoms with Crippen LogP contribution >= 0.6 is 0 Å². The van der Waals surface area contributed by atoms with Crippen LogP contribution in [0.4, 0.5) is 5.69 Å². The fourth-order valence-corrected chi connectivity index (χ4v) is 0.950. The van der Waals surface area contributed by atoms with Gasteiger partial charge in [0.15, 0.2) is 5.69 Å². The van der Waals surface area contributed by atoms with Gasteiger partial charge in [0.05, 0.1) is 6.20 Å². The van der Waals surface area contributed by atoms with Crippen molar-refractivity contribution in [1.29, 1.82) is 0 Å². The molecule has 0 aliphatic carbocycles. The van der Waals surface area contributed by atoms with E-state index < -0.39 is 5.63 Å². The van der Waals surface area contributed by atoms with Crippen molar-refractivity contribution in [3.05, 3.63) is 16.6 Å². The fourth-order valence-electron chi connectivity index (χ4n) is 0.950. The molecule has 0 saturated carbocycles. The Balaban J connectivity index is 2.44. The number of hydrogen-bond acceptors (Lipinski definition) is 5. The second kappa shape index (κ2) is 4.68. The molecule has 3 N–H and O–H groups in total. The molecule has 0 bridgehead atoms. The quantitative estimate of drug-likeness (QED) is 0.375. The Morgan fingerprint density at radius 3 is 3.08 bits per heavy atom. The monoisotopic (exact) mass is 187 g/mol. The number of H-pyrrole nitrogens is 1. The van der Waals surface area contributed by atoms with Gasteiger partial charge >= 0.3 is 5.63 Å². The molecule has 0 unspecified atom stereocenters. The zero-order chi connectivity index (χ0) is 9.68. The molecule has 0 aromatic carbocycles. The average molecular weight is 187 g/mol. The lowest BCUT2D eigenvalue weighted by molar-refractivity contribution is 0.196. The molecule has 6 nitrogen and oxygen atoms in total. The number of aromatic amines is 1. The molecule has 0 fully saturated rings. The first-order chi connectivity index (χ1) is 6.25. The van der Waals surface area contributed by atoms with Gasteiger partial charge in [0.1, 0.15) is 0 Å². The van der Waals surface area contributed by atoms with E-state index in [9.17, 15) is 4.79 Å². The van der Waals surface area contributed by atoms with Gasteiger partial charge in [-0.05, 0) is 6.42 Å². The zero-order valence-corrected chi connectivity index (χ0v) is 7.45. The molecule has 1 aromatic rings. The minimum absolute atomic E-state index is 0.330. The maximum atomic E-state index is 10.9. The molecular formula is C7H13N3O3. The summed E-state index contributed by atoms with van der Waals surface area (Å²) in [6.45, 7) is 1.17. The average Bonchev–Trinajstić information content (AvgIpc) is 2.52. The van der Waals surface area contributed by atoms with Crippen LogP contribution in [0.15, 0.2) is 15.5 Å². The number of nitrogens with one attached hydrogen (secondary N) is 1. The number of aromatic nitrogens is 1. The summed E-state index contributed by atoms with van der Waals surface area (Å²) in [4.78, 5) is 10.9. The predicted molar refractivity (Wildman–Crippen MR) is 47.4 cm³/mol. The third-order valence-electron chi connectivity index (χ3n) is 1.61. The second-order valence-corrected chi connectivity index (χ2v) is 2.58. The SMILES string of the molecule is COCCCN(N)c1c[nH]oc1=O. The highest BCUT2D eigenvalue weighted by Gasteiger charge is 2.07. The van der Waals surface area contributed by atoms with Crippen LogP contribution in [0.5, 0.6) is 0 Å². The lowest BCUT2D eigenvalue weighted by Gasteiger charge is -2.13. The van der Waals surface area contributed by atoms with Gasteiger partial charge in [-0.1, -0.05) is 0 Å². The van der Waals surface area contributed by atoms with Gasteiger partial charge in [-0.3, -0.25) is 0 Å². The Morgan fingerprint density at radius 2 is 2.54 bits per heavy atom. The van der Waals surface area contributed by atoms with Crippen molar-refractivity contribution in [2.75, 3.05) is 25.3 Å². The minimum atomic E-state index is -0.458. The maximum Gasteiger partial charge on any atom is 0.381 e. The minimum Gasteiger partial charge on any atom is -0.385 e. The molecule has 0 saturated heterocycles. The number of ether oxygens (including phenoxy) is 1. The Morgan fingerprint density at radius 1 is 1.77 bits per heavy atom. The molecule has 0 atom stereocenters. The summed E-state index contributed by atoms with van der Waals surface area (Å²) in [6.07, 6.45) is 2.19. The van der Waals surface area contributed by atoms with Crippen molar-refractivity contribution in [1.82, 2.24) is 5.16 Å². The first-order valence-electron chi connectivity index (χ1n) is 3.93. The summed E-state index contributed by atoms with van der Waals surface area (Å²) in [5.74, 6) is 5.58. The molecule has 13 heavy (non-hydrogen) atoms. The van der Waals surface area contributed by atoms with Crippen LogP contribution < -0.4 is 16.5 Å². The van der Waals surface area contributed by atoms with Crippen LogP contribution in [-0.2, 0) is 4.74 Å². The first kappa shape index (κ1) is 9.82. The molecule has 1 aromatic heterocycles. The van der Waals surface area contributed by atoms with Crippen LogP contribution in [0.2, 0.25) is 0 Å². The van der Waals surface area contributed by atoms with Crippen molar-refractivity contribution in [2.45, 2.75) is 6.42 Å². The maximum absolute atomic E-state index is 10.9. The van der Waals surface area contributed by atoms with Crippen molar-refractivity contribution in [2.24, 2.45) is 5.84 Å². The molecule has 1 rings (SSSR count). The summed E-state index contributed by atoms with van der Waals surface area (Å²) in [7, 11) is 1.62. The topological polar surface area (TPSA) is 84.5 Å². The largest absolute Gasteiger partial charge is 0.385 e. The number of nitrogens with zero attached hydrogens (tertiary/aromatic N) is 1. The number of anilines is 1. The molecule has 6 heteroatoms. The van der Waals surface area contributed by atoms with E-state index in [-0.39, 0.29) is 0 Å². The Labute approximate surface area is 75.2 Å². The molecule has 0 aliphatic rings. The highest BCUT2D eigenvalue weighted by Crippen LogP contribution is 2.01. The molecule has 0 aliphatic heterocycles. The number of methoxy groups -OCH3 is 1. The molecule has 74 valence electrons. The normalized spacial score (nSPS) is 10.3. The Kier molecular flexibility index (Phi) is 3.53.